The number of esters is 2. The molecule has 2 unspecified atom stereocenters. The van der Waals surface area contributed by atoms with Crippen LogP contribution in [-0.4, -0.2) is 81.4 Å². The average molecular weight is 622 g/mol. The van der Waals surface area contributed by atoms with E-state index in [1.54, 1.807) is 18.4 Å². The molecule has 0 aliphatic carbocycles. The van der Waals surface area contributed by atoms with Gasteiger partial charge in [-0.25, -0.2) is 14.1 Å². The maximum atomic E-state index is 13.5. The van der Waals surface area contributed by atoms with Crippen molar-refractivity contribution in [3.8, 4) is 11.1 Å². The van der Waals surface area contributed by atoms with E-state index in [4.69, 9.17) is 32.9 Å². The van der Waals surface area contributed by atoms with Gasteiger partial charge in [-0.2, -0.15) is 9.90 Å². The Morgan fingerprint density at radius 1 is 0.952 bits per heavy atom. The van der Waals surface area contributed by atoms with Crippen molar-refractivity contribution in [2.75, 3.05) is 64.7 Å². The summed E-state index contributed by atoms with van der Waals surface area (Å²) in [4.78, 5) is 29.2. The van der Waals surface area contributed by atoms with Crippen LogP contribution in [0.3, 0.4) is 0 Å². The zero-order valence-corrected chi connectivity index (χ0v) is 27.1. The number of ether oxygens (including phenoxy) is 3. The number of hydrogen-bond acceptors (Lipinski definition) is 10. The molecule has 1 aromatic carbocycles. The molecular weight excluding hydrogens is 580 g/mol. The number of hydrogen-bond donors (Lipinski definition) is 0. The molecular formula is C29H41N3O8P2. The zero-order valence-electron chi connectivity index (χ0n) is 24.8. The topological polar surface area (TPSA) is 110 Å². The van der Waals surface area contributed by atoms with Gasteiger partial charge in [0.15, 0.2) is 0 Å². The molecule has 11 nitrogen and oxygen atoms in total. The van der Waals surface area contributed by atoms with E-state index in [-0.39, 0.29) is 34.2 Å². The van der Waals surface area contributed by atoms with Crippen molar-refractivity contribution in [1.29, 1.82) is 0 Å². The fourth-order valence-electron chi connectivity index (χ4n) is 4.76. The summed E-state index contributed by atoms with van der Waals surface area (Å²) in [7, 11) is 0.0707. The Kier molecular flexibility index (Phi) is 13.6. The lowest BCUT2D eigenvalue weighted by Crippen LogP contribution is -2.37. The molecule has 1 aliphatic heterocycles. The Bertz CT molecular complexity index is 1320. The van der Waals surface area contributed by atoms with Crippen molar-refractivity contribution in [2.24, 2.45) is 0 Å². The van der Waals surface area contributed by atoms with Crippen LogP contribution in [0.5, 0.6) is 0 Å². The number of anilines is 1. The van der Waals surface area contributed by atoms with Crippen molar-refractivity contribution in [1.82, 2.24) is 9.61 Å². The lowest BCUT2D eigenvalue weighted by Gasteiger charge is -2.28. The number of nitrogens with zero attached hydrogens (tertiary/aromatic N) is 3. The van der Waals surface area contributed by atoms with Gasteiger partial charge in [0, 0.05) is 25.8 Å². The molecule has 3 aromatic rings. The Hall–Kier alpha value is -2.65. The molecule has 0 saturated carbocycles. The van der Waals surface area contributed by atoms with Crippen LogP contribution in [0.25, 0.3) is 16.6 Å². The van der Waals surface area contributed by atoms with Gasteiger partial charge in [-0.05, 0) is 45.2 Å². The van der Waals surface area contributed by atoms with Gasteiger partial charge in [0.05, 0.1) is 56.4 Å². The number of morpholine rings is 1. The summed E-state index contributed by atoms with van der Waals surface area (Å²) in [5.41, 5.74) is 3.00. The van der Waals surface area contributed by atoms with Crippen molar-refractivity contribution >= 4 is 41.8 Å². The Morgan fingerprint density at radius 2 is 1.62 bits per heavy atom. The molecule has 3 heterocycles. The molecule has 42 heavy (non-hydrogen) atoms. The van der Waals surface area contributed by atoms with Crippen LogP contribution < -0.4 is 4.90 Å². The van der Waals surface area contributed by atoms with E-state index < -0.39 is 20.5 Å². The molecule has 230 valence electrons. The minimum Gasteiger partial charge on any atom is -0.462 e. The van der Waals surface area contributed by atoms with Gasteiger partial charge in [-0.1, -0.05) is 30.3 Å². The molecule has 1 aliphatic rings. The van der Waals surface area contributed by atoms with Crippen molar-refractivity contribution < 1.29 is 37.4 Å². The summed E-state index contributed by atoms with van der Waals surface area (Å²) >= 11 is 0. The fourth-order valence-corrected chi connectivity index (χ4v) is 5.54. The summed E-state index contributed by atoms with van der Waals surface area (Å²) in [6, 6.07) is 11.7. The average Bonchev–Trinajstić information content (AvgIpc) is 3.33. The maximum absolute atomic E-state index is 13.5. The first-order valence-electron chi connectivity index (χ1n) is 13.9. The normalized spacial score (nSPS) is 14.0. The number of rotatable bonds is 14. The molecule has 0 N–H and O–H groups in total. The van der Waals surface area contributed by atoms with Gasteiger partial charge < -0.3 is 32.7 Å². The molecule has 2 atom stereocenters. The predicted octanol–water partition coefficient (Wildman–Crippen LogP) is 5.11. The Labute approximate surface area is 251 Å². The van der Waals surface area contributed by atoms with Crippen molar-refractivity contribution in [3.05, 3.63) is 53.2 Å². The van der Waals surface area contributed by atoms with E-state index in [0.29, 0.717) is 63.6 Å². The number of fused-ring (bicyclic) bond motifs is 1. The number of carbonyl (C=O) groups excluding carboxylic acids is 2. The first kappa shape index (κ1) is 33.8. The molecule has 0 bridgehead atoms. The highest BCUT2D eigenvalue weighted by Crippen LogP contribution is 2.39. The van der Waals surface area contributed by atoms with Crippen LogP contribution >= 0.6 is 18.5 Å². The van der Waals surface area contributed by atoms with E-state index in [9.17, 15) is 9.59 Å². The minimum absolute atomic E-state index is 0. The summed E-state index contributed by atoms with van der Waals surface area (Å²) in [5.74, 6) is -0.484. The highest BCUT2D eigenvalue weighted by Gasteiger charge is 2.33. The van der Waals surface area contributed by atoms with E-state index >= 15 is 0 Å². The van der Waals surface area contributed by atoms with Crippen LogP contribution in [-0.2, 0) is 34.2 Å². The third-order valence-corrected chi connectivity index (χ3v) is 7.65. The summed E-state index contributed by atoms with van der Waals surface area (Å²) in [6.07, 6.45) is 0.891. The molecule has 4 rings (SSSR count). The number of aromatic nitrogens is 2. The second kappa shape index (κ2) is 16.8. The second-order valence-corrected chi connectivity index (χ2v) is 10.4. The van der Waals surface area contributed by atoms with Crippen LogP contribution in [0.4, 0.5) is 5.82 Å². The summed E-state index contributed by atoms with van der Waals surface area (Å²) in [6.45, 7) is 8.94. The predicted molar refractivity (Wildman–Crippen MR) is 167 cm³/mol. The smallest absolute Gasteiger partial charge is 0.341 e. The van der Waals surface area contributed by atoms with Crippen molar-refractivity contribution in [3.63, 3.8) is 0 Å². The lowest BCUT2D eigenvalue weighted by molar-refractivity contribution is 0.0480. The number of aryl methyl sites for hydroxylation is 1. The molecule has 13 heteroatoms. The van der Waals surface area contributed by atoms with Crippen LogP contribution in [0, 0.1) is 0 Å². The Morgan fingerprint density at radius 3 is 2.24 bits per heavy atom. The number of benzene rings is 1. The van der Waals surface area contributed by atoms with E-state index in [1.165, 1.54) is 7.11 Å². The fraction of sp³-hybridized carbons (Fsp3) is 0.483. The van der Waals surface area contributed by atoms with E-state index in [2.05, 4.69) is 4.90 Å². The quantitative estimate of drug-likeness (QED) is 0.137. The monoisotopic (exact) mass is 621 g/mol. The maximum Gasteiger partial charge on any atom is 0.341 e. The van der Waals surface area contributed by atoms with Gasteiger partial charge in [-0.15, -0.1) is 5.10 Å². The highest BCUT2D eigenvalue weighted by atomic mass is 31.2. The lowest BCUT2D eigenvalue weighted by atomic mass is 10.0. The molecule has 0 spiro atoms. The van der Waals surface area contributed by atoms with Gasteiger partial charge in [0.1, 0.15) is 11.4 Å². The first-order chi connectivity index (χ1) is 20.0. The van der Waals surface area contributed by atoms with Gasteiger partial charge in [0.2, 0.25) is 0 Å². The molecule has 2 aromatic heterocycles. The summed E-state index contributed by atoms with van der Waals surface area (Å²) < 4.78 is 34.8. The van der Waals surface area contributed by atoms with Crippen LogP contribution in [0.2, 0.25) is 0 Å². The molecule has 0 amide bonds. The van der Waals surface area contributed by atoms with E-state index in [1.807, 2.05) is 43.3 Å². The van der Waals surface area contributed by atoms with Crippen LogP contribution in [0.15, 0.2) is 36.4 Å². The third-order valence-electron chi connectivity index (χ3n) is 6.49. The van der Waals surface area contributed by atoms with Crippen LogP contribution in [0.1, 0.15) is 53.6 Å². The molecule has 1 saturated heterocycles. The molecule has 1 fully saturated rings. The molecule has 0 radical (unpaired) electrons. The third kappa shape index (κ3) is 7.84. The zero-order chi connectivity index (χ0) is 29.2. The SMILES string of the molecule is CCOC(=O)c1c(C(=O)OCC)c2c(-c3ccccc3)cc(N3CCOCC3)nn2c1CCCOP(OC)OCC.P. The minimum atomic E-state index is -1.47. The van der Waals surface area contributed by atoms with Gasteiger partial charge in [0.25, 0.3) is 0 Å². The Balaban J connectivity index is 0.00000484. The standard InChI is InChI=1S/C29H38N3O8P.H3P/c1-5-37-28(33)25-23(14-11-17-40-41(35-4)39-7-3)32-27(26(25)29(34)38-6-2)22(21-12-9-8-10-13-21)20-24(30-32)31-15-18-36-19-16-31;/h8-10,12-13,20H,5-7,11,14-19H2,1-4H3;1H3. The largest absolute Gasteiger partial charge is 0.462 e. The summed E-state index contributed by atoms with van der Waals surface area (Å²) in [5, 5.41) is 5.00. The first-order valence-corrected chi connectivity index (χ1v) is 15.0. The van der Waals surface area contributed by atoms with Gasteiger partial charge >= 0.3 is 20.5 Å². The second-order valence-electron chi connectivity index (χ2n) is 9.04. The van der Waals surface area contributed by atoms with E-state index in [0.717, 1.165) is 16.9 Å². The van der Waals surface area contributed by atoms with Gasteiger partial charge in [-0.3, -0.25) is 0 Å². The highest BCUT2D eigenvalue weighted by molar-refractivity contribution is 7.41. The van der Waals surface area contributed by atoms with Crippen molar-refractivity contribution in [2.45, 2.75) is 33.6 Å². The number of carbonyl (C=O) groups is 2.